The zero-order valence-electron chi connectivity index (χ0n) is 12.1. The van der Waals surface area contributed by atoms with Gasteiger partial charge in [0.2, 0.25) is 11.8 Å². The van der Waals surface area contributed by atoms with Crippen LogP contribution < -0.4 is 10.5 Å². The predicted octanol–water partition coefficient (Wildman–Crippen LogP) is 2.04. The summed E-state index contributed by atoms with van der Waals surface area (Å²) >= 11 is 0. The fourth-order valence-corrected chi connectivity index (χ4v) is 1.83. The molecule has 2 heterocycles. The highest BCUT2D eigenvalue weighted by Gasteiger charge is 2.17. The SMILES string of the molecule is CCC(C)n1ccc2c(OC(=O)N(C)C)nc(N)nc21. The van der Waals surface area contributed by atoms with Gasteiger partial charge in [0.05, 0.1) is 5.39 Å². The first-order valence-corrected chi connectivity index (χ1v) is 6.47. The summed E-state index contributed by atoms with van der Waals surface area (Å²) in [5.41, 5.74) is 6.38. The van der Waals surface area contributed by atoms with Crippen molar-refractivity contribution in [2.45, 2.75) is 26.3 Å². The van der Waals surface area contributed by atoms with Crippen LogP contribution in [0.4, 0.5) is 10.7 Å². The molecule has 2 rings (SSSR count). The van der Waals surface area contributed by atoms with Gasteiger partial charge in [0.25, 0.3) is 0 Å². The Hall–Kier alpha value is -2.31. The monoisotopic (exact) mass is 277 g/mol. The molecule has 1 amide bonds. The largest absolute Gasteiger partial charge is 0.416 e. The normalized spacial score (nSPS) is 12.4. The number of hydrogen-bond acceptors (Lipinski definition) is 5. The molecule has 0 radical (unpaired) electrons. The van der Waals surface area contributed by atoms with Crippen molar-refractivity contribution in [3.63, 3.8) is 0 Å². The van der Waals surface area contributed by atoms with Crippen LogP contribution in [0.25, 0.3) is 11.0 Å². The fourth-order valence-electron chi connectivity index (χ4n) is 1.83. The molecule has 20 heavy (non-hydrogen) atoms. The zero-order chi connectivity index (χ0) is 14.9. The molecule has 0 aliphatic rings. The fraction of sp³-hybridized carbons (Fsp3) is 0.462. The molecule has 0 aliphatic heterocycles. The molecule has 0 aliphatic carbocycles. The first-order chi connectivity index (χ1) is 9.43. The standard InChI is InChI=1S/C13H19N5O2/c1-5-8(2)18-7-6-9-10(18)15-12(14)16-11(9)20-13(19)17(3)4/h6-8H,5H2,1-4H3,(H2,14,15,16). The van der Waals surface area contributed by atoms with Crippen LogP contribution in [0.2, 0.25) is 0 Å². The number of hydrogen-bond donors (Lipinski definition) is 1. The van der Waals surface area contributed by atoms with Gasteiger partial charge in [0.15, 0.2) is 0 Å². The van der Waals surface area contributed by atoms with Crippen LogP contribution in [0.15, 0.2) is 12.3 Å². The summed E-state index contributed by atoms with van der Waals surface area (Å²) in [6, 6.07) is 2.11. The van der Waals surface area contributed by atoms with E-state index in [1.807, 2.05) is 16.8 Å². The summed E-state index contributed by atoms with van der Waals surface area (Å²) in [7, 11) is 3.21. The van der Waals surface area contributed by atoms with E-state index < -0.39 is 6.09 Å². The maximum atomic E-state index is 11.7. The van der Waals surface area contributed by atoms with Crippen molar-refractivity contribution in [2.75, 3.05) is 19.8 Å². The number of nitrogen functional groups attached to an aromatic ring is 1. The third-order valence-corrected chi connectivity index (χ3v) is 3.17. The van der Waals surface area contributed by atoms with E-state index in [-0.39, 0.29) is 17.9 Å². The van der Waals surface area contributed by atoms with Crippen molar-refractivity contribution in [3.8, 4) is 5.88 Å². The number of aromatic nitrogens is 3. The zero-order valence-corrected chi connectivity index (χ0v) is 12.1. The van der Waals surface area contributed by atoms with E-state index in [9.17, 15) is 4.79 Å². The quantitative estimate of drug-likeness (QED) is 0.927. The number of fused-ring (bicyclic) bond motifs is 1. The Labute approximate surface area is 117 Å². The van der Waals surface area contributed by atoms with E-state index in [0.717, 1.165) is 6.42 Å². The topological polar surface area (TPSA) is 86.3 Å². The molecule has 2 aromatic rings. The van der Waals surface area contributed by atoms with Crippen molar-refractivity contribution in [1.29, 1.82) is 0 Å². The van der Waals surface area contributed by atoms with Gasteiger partial charge in [-0.05, 0) is 19.4 Å². The molecule has 1 atom stereocenters. The van der Waals surface area contributed by atoms with Crippen molar-refractivity contribution in [2.24, 2.45) is 0 Å². The van der Waals surface area contributed by atoms with Crippen LogP contribution in [-0.2, 0) is 0 Å². The highest BCUT2D eigenvalue weighted by molar-refractivity contribution is 5.85. The van der Waals surface area contributed by atoms with E-state index in [1.165, 1.54) is 4.90 Å². The second-order valence-corrected chi connectivity index (χ2v) is 4.87. The van der Waals surface area contributed by atoms with Crippen LogP contribution in [0.5, 0.6) is 5.88 Å². The van der Waals surface area contributed by atoms with Gasteiger partial charge in [-0.2, -0.15) is 9.97 Å². The predicted molar refractivity (Wildman–Crippen MR) is 76.7 cm³/mol. The van der Waals surface area contributed by atoms with Crippen LogP contribution >= 0.6 is 0 Å². The lowest BCUT2D eigenvalue weighted by Gasteiger charge is -2.13. The molecule has 108 valence electrons. The van der Waals surface area contributed by atoms with Crippen molar-refractivity contribution in [3.05, 3.63) is 12.3 Å². The Balaban J connectivity index is 2.51. The molecule has 0 aromatic carbocycles. The molecule has 7 nitrogen and oxygen atoms in total. The molecule has 0 fully saturated rings. The number of anilines is 1. The molecule has 0 saturated carbocycles. The van der Waals surface area contributed by atoms with Gasteiger partial charge in [-0.3, -0.25) is 0 Å². The van der Waals surface area contributed by atoms with E-state index in [1.54, 1.807) is 14.1 Å². The number of amides is 1. The molecular weight excluding hydrogens is 258 g/mol. The van der Waals surface area contributed by atoms with E-state index in [0.29, 0.717) is 11.0 Å². The molecule has 7 heteroatoms. The number of carbonyl (C=O) groups is 1. The Morgan fingerprint density at radius 1 is 1.50 bits per heavy atom. The van der Waals surface area contributed by atoms with Crippen LogP contribution in [0.3, 0.4) is 0 Å². The number of ether oxygens (including phenoxy) is 1. The number of nitrogens with zero attached hydrogens (tertiary/aromatic N) is 4. The lowest BCUT2D eigenvalue weighted by molar-refractivity contribution is 0.170. The van der Waals surface area contributed by atoms with Gasteiger partial charge < -0.3 is 19.9 Å². The van der Waals surface area contributed by atoms with Gasteiger partial charge in [-0.15, -0.1) is 0 Å². The average Bonchev–Trinajstić information content (AvgIpc) is 2.81. The highest BCUT2D eigenvalue weighted by Crippen LogP contribution is 2.27. The van der Waals surface area contributed by atoms with Crippen molar-refractivity contribution < 1.29 is 9.53 Å². The lowest BCUT2D eigenvalue weighted by Crippen LogP contribution is -2.25. The van der Waals surface area contributed by atoms with Crippen LogP contribution in [0, 0.1) is 0 Å². The van der Waals surface area contributed by atoms with Gasteiger partial charge in [0.1, 0.15) is 5.65 Å². The minimum atomic E-state index is -0.499. The number of rotatable bonds is 3. The number of nitrogens with two attached hydrogens (primary N) is 1. The second-order valence-electron chi connectivity index (χ2n) is 4.87. The molecule has 0 saturated heterocycles. The van der Waals surface area contributed by atoms with Crippen LogP contribution in [-0.4, -0.2) is 39.6 Å². The van der Waals surface area contributed by atoms with Crippen molar-refractivity contribution >= 4 is 23.1 Å². The first-order valence-electron chi connectivity index (χ1n) is 6.47. The molecule has 2 N–H and O–H groups in total. The second kappa shape index (κ2) is 5.36. The summed E-state index contributed by atoms with van der Waals surface area (Å²) in [4.78, 5) is 21.2. The molecular formula is C13H19N5O2. The third-order valence-electron chi connectivity index (χ3n) is 3.17. The maximum Gasteiger partial charge on any atom is 0.416 e. The minimum Gasteiger partial charge on any atom is -0.390 e. The smallest absolute Gasteiger partial charge is 0.390 e. The van der Waals surface area contributed by atoms with Gasteiger partial charge in [-0.25, -0.2) is 4.79 Å². The summed E-state index contributed by atoms with van der Waals surface area (Å²) in [6.45, 7) is 4.18. The lowest BCUT2D eigenvalue weighted by atomic mass is 10.2. The van der Waals surface area contributed by atoms with E-state index >= 15 is 0 Å². The average molecular weight is 277 g/mol. The van der Waals surface area contributed by atoms with Gasteiger partial charge >= 0.3 is 6.09 Å². The summed E-state index contributed by atoms with van der Waals surface area (Å²) in [6.07, 6.45) is 2.36. The summed E-state index contributed by atoms with van der Waals surface area (Å²) < 4.78 is 7.24. The van der Waals surface area contributed by atoms with E-state index in [4.69, 9.17) is 10.5 Å². The van der Waals surface area contributed by atoms with E-state index in [2.05, 4.69) is 23.8 Å². The van der Waals surface area contributed by atoms with Gasteiger partial charge in [-0.1, -0.05) is 6.92 Å². The first kappa shape index (κ1) is 14.1. The summed E-state index contributed by atoms with van der Waals surface area (Å²) in [5.74, 6) is 0.274. The Kier molecular flexibility index (Phi) is 3.78. The molecule has 0 bridgehead atoms. The maximum absolute atomic E-state index is 11.7. The Bertz CT molecular complexity index is 635. The van der Waals surface area contributed by atoms with Crippen molar-refractivity contribution in [1.82, 2.24) is 19.4 Å². The minimum absolute atomic E-state index is 0.0855. The third kappa shape index (κ3) is 2.52. The molecule has 1 unspecified atom stereocenters. The molecule has 2 aromatic heterocycles. The van der Waals surface area contributed by atoms with Crippen LogP contribution in [0.1, 0.15) is 26.3 Å². The van der Waals surface area contributed by atoms with Gasteiger partial charge in [0, 0.05) is 26.3 Å². The Morgan fingerprint density at radius 2 is 2.20 bits per heavy atom. The Morgan fingerprint density at radius 3 is 2.80 bits per heavy atom. The highest BCUT2D eigenvalue weighted by atomic mass is 16.6. The summed E-state index contributed by atoms with van der Waals surface area (Å²) in [5, 5.41) is 0.676. The molecule has 0 spiro atoms. The number of carbonyl (C=O) groups excluding carboxylic acids is 1.